The Labute approximate surface area is 184 Å². The molecule has 0 saturated carbocycles. The first-order chi connectivity index (χ1) is 15.7. The van der Waals surface area contributed by atoms with Crippen LogP contribution >= 0.6 is 0 Å². The zero-order valence-corrected chi connectivity index (χ0v) is 17.4. The maximum Gasteiger partial charge on any atom is 0.254 e. The fourth-order valence-corrected chi connectivity index (χ4v) is 4.05. The van der Waals surface area contributed by atoms with Gasteiger partial charge in [0.25, 0.3) is 5.91 Å². The molecule has 8 heteroatoms. The quantitative estimate of drug-likeness (QED) is 0.446. The van der Waals surface area contributed by atoms with Gasteiger partial charge in [0.2, 0.25) is 0 Å². The molecule has 1 atom stereocenters. The Morgan fingerprint density at radius 1 is 0.906 bits per heavy atom. The third-order valence-corrected chi connectivity index (χ3v) is 5.74. The molecule has 5 rings (SSSR count). The molecule has 0 fully saturated rings. The number of nitroso groups, excluding NO2 is 1. The molecule has 0 spiro atoms. The number of nitrogens with zero attached hydrogens (tertiary/aromatic N) is 6. The standard InChI is InChI=1S/C24H20N6O2/c1-16-22-26-27-23(20-8-5-9-21(25-20)28-32)30(22)15-14-29(16)24(31)19-12-10-18(11-13-19)17-6-3-2-4-7-17/h2-13,16H,14-15H2,1H3/t16-/m1/s1. The molecule has 1 amide bonds. The van der Waals surface area contributed by atoms with Crippen molar-refractivity contribution in [2.75, 3.05) is 6.54 Å². The second-order valence-electron chi connectivity index (χ2n) is 7.62. The highest BCUT2D eigenvalue weighted by Gasteiger charge is 2.32. The molecule has 2 aromatic heterocycles. The Hall–Kier alpha value is -4.20. The van der Waals surface area contributed by atoms with E-state index in [0.717, 1.165) is 11.1 Å². The van der Waals surface area contributed by atoms with Gasteiger partial charge < -0.3 is 9.47 Å². The average Bonchev–Trinajstić information content (AvgIpc) is 3.30. The smallest absolute Gasteiger partial charge is 0.254 e. The molecular weight excluding hydrogens is 404 g/mol. The monoisotopic (exact) mass is 424 g/mol. The van der Waals surface area contributed by atoms with Crippen LogP contribution < -0.4 is 0 Å². The minimum absolute atomic E-state index is 0.0433. The van der Waals surface area contributed by atoms with Gasteiger partial charge in [0.1, 0.15) is 5.69 Å². The third kappa shape index (κ3) is 3.45. The Bertz CT molecular complexity index is 1280. The molecule has 158 valence electrons. The summed E-state index contributed by atoms with van der Waals surface area (Å²) in [5.41, 5.74) is 3.35. The number of carbonyl (C=O) groups excluding carboxylic acids is 1. The van der Waals surface area contributed by atoms with Gasteiger partial charge in [-0.05, 0) is 47.5 Å². The number of pyridine rings is 1. The summed E-state index contributed by atoms with van der Waals surface area (Å²) < 4.78 is 1.95. The Morgan fingerprint density at radius 3 is 2.41 bits per heavy atom. The highest BCUT2D eigenvalue weighted by Crippen LogP contribution is 2.30. The second-order valence-corrected chi connectivity index (χ2v) is 7.62. The van der Waals surface area contributed by atoms with Crippen LogP contribution in [0.5, 0.6) is 0 Å². The van der Waals surface area contributed by atoms with Crippen molar-refractivity contribution in [3.63, 3.8) is 0 Å². The van der Waals surface area contributed by atoms with Crippen molar-refractivity contribution in [3.8, 4) is 22.6 Å². The fourth-order valence-electron chi connectivity index (χ4n) is 4.05. The lowest BCUT2D eigenvalue weighted by atomic mass is 10.0. The summed E-state index contributed by atoms with van der Waals surface area (Å²) in [6.45, 7) is 3.00. The van der Waals surface area contributed by atoms with E-state index in [1.165, 1.54) is 6.07 Å². The van der Waals surface area contributed by atoms with Crippen LogP contribution in [0.4, 0.5) is 5.82 Å². The van der Waals surface area contributed by atoms with E-state index in [1.54, 1.807) is 12.1 Å². The first-order valence-corrected chi connectivity index (χ1v) is 10.4. The molecule has 0 N–H and O–H groups in total. The van der Waals surface area contributed by atoms with E-state index >= 15 is 0 Å². The van der Waals surface area contributed by atoms with Gasteiger partial charge >= 0.3 is 0 Å². The Balaban J connectivity index is 1.39. The van der Waals surface area contributed by atoms with E-state index in [9.17, 15) is 9.70 Å². The molecule has 0 bridgehead atoms. The topological polar surface area (TPSA) is 93.3 Å². The number of carbonyl (C=O) groups is 1. The van der Waals surface area contributed by atoms with Crippen molar-refractivity contribution in [3.05, 3.63) is 89.1 Å². The molecule has 8 nitrogen and oxygen atoms in total. The average molecular weight is 424 g/mol. The van der Waals surface area contributed by atoms with E-state index in [1.807, 2.05) is 71.0 Å². The summed E-state index contributed by atoms with van der Waals surface area (Å²) in [5.74, 6) is 1.31. The van der Waals surface area contributed by atoms with Crippen LogP contribution in [0.3, 0.4) is 0 Å². The SMILES string of the molecule is C[C@@H]1c2nnc(-c3cccc(N=O)n3)n2CCN1C(=O)c1ccc(-c2ccccc2)cc1. The van der Waals surface area contributed by atoms with Crippen molar-refractivity contribution in [2.24, 2.45) is 5.18 Å². The number of amides is 1. The van der Waals surface area contributed by atoms with Gasteiger partial charge in [-0.2, -0.15) is 0 Å². The lowest BCUT2D eigenvalue weighted by molar-refractivity contribution is 0.0638. The summed E-state index contributed by atoms with van der Waals surface area (Å²) in [6, 6.07) is 22.5. The van der Waals surface area contributed by atoms with Gasteiger partial charge in [0, 0.05) is 18.7 Å². The normalized spacial score (nSPS) is 15.3. The lowest BCUT2D eigenvalue weighted by Crippen LogP contribution is -2.41. The van der Waals surface area contributed by atoms with Gasteiger partial charge in [-0.25, -0.2) is 4.98 Å². The molecule has 0 radical (unpaired) electrons. The summed E-state index contributed by atoms with van der Waals surface area (Å²) in [6.07, 6.45) is 0. The van der Waals surface area contributed by atoms with Crippen LogP contribution in [-0.4, -0.2) is 37.1 Å². The highest BCUT2D eigenvalue weighted by atomic mass is 16.3. The van der Waals surface area contributed by atoms with Gasteiger partial charge in [0.15, 0.2) is 17.5 Å². The largest absolute Gasteiger partial charge is 0.327 e. The second kappa shape index (κ2) is 8.14. The van der Waals surface area contributed by atoms with Crippen molar-refractivity contribution in [1.82, 2.24) is 24.6 Å². The van der Waals surface area contributed by atoms with Crippen molar-refractivity contribution in [2.45, 2.75) is 19.5 Å². The van der Waals surface area contributed by atoms with Crippen molar-refractivity contribution < 1.29 is 4.79 Å². The van der Waals surface area contributed by atoms with Crippen LogP contribution in [0.1, 0.15) is 29.1 Å². The molecule has 4 aromatic rings. The molecule has 1 aliphatic rings. The number of fused-ring (bicyclic) bond motifs is 1. The number of benzene rings is 2. The number of hydrogen-bond acceptors (Lipinski definition) is 6. The molecule has 0 aliphatic carbocycles. The van der Waals surface area contributed by atoms with Gasteiger partial charge in [0.05, 0.1) is 6.04 Å². The molecule has 1 aliphatic heterocycles. The van der Waals surface area contributed by atoms with Crippen molar-refractivity contribution >= 4 is 11.7 Å². The molecule has 3 heterocycles. The molecule has 0 unspecified atom stereocenters. The fraction of sp³-hybridized carbons (Fsp3) is 0.167. The van der Waals surface area contributed by atoms with Crippen molar-refractivity contribution in [1.29, 1.82) is 0 Å². The summed E-state index contributed by atoms with van der Waals surface area (Å²) in [5, 5.41) is 11.5. The van der Waals surface area contributed by atoms with E-state index in [2.05, 4.69) is 20.4 Å². The van der Waals surface area contributed by atoms with E-state index < -0.39 is 0 Å². The van der Waals surface area contributed by atoms with Crippen LogP contribution in [-0.2, 0) is 6.54 Å². The summed E-state index contributed by atoms with van der Waals surface area (Å²) in [4.78, 5) is 30.1. The summed E-state index contributed by atoms with van der Waals surface area (Å²) in [7, 11) is 0. The maximum absolute atomic E-state index is 13.2. The first kappa shape index (κ1) is 19.7. The van der Waals surface area contributed by atoms with E-state index in [0.29, 0.717) is 36.0 Å². The third-order valence-electron chi connectivity index (χ3n) is 5.74. The predicted molar refractivity (Wildman–Crippen MR) is 120 cm³/mol. The molecule has 0 saturated heterocycles. The van der Waals surface area contributed by atoms with Gasteiger partial charge in [-0.3, -0.25) is 4.79 Å². The number of rotatable bonds is 4. The Kier molecular flexibility index (Phi) is 5.03. The Morgan fingerprint density at radius 2 is 1.66 bits per heavy atom. The van der Waals surface area contributed by atoms with Gasteiger partial charge in [-0.1, -0.05) is 48.5 Å². The van der Waals surface area contributed by atoms with Crippen LogP contribution in [0.15, 0.2) is 78.0 Å². The zero-order valence-electron chi connectivity index (χ0n) is 17.4. The van der Waals surface area contributed by atoms with Crippen LogP contribution in [0, 0.1) is 4.91 Å². The molecule has 2 aromatic carbocycles. The van der Waals surface area contributed by atoms with Gasteiger partial charge in [-0.15, -0.1) is 15.1 Å². The van der Waals surface area contributed by atoms with Crippen LogP contribution in [0.2, 0.25) is 0 Å². The minimum atomic E-state index is -0.251. The van der Waals surface area contributed by atoms with Crippen LogP contribution in [0.25, 0.3) is 22.6 Å². The molecular formula is C24H20N6O2. The maximum atomic E-state index is 13.2. The number of aromatic nitrogens is 4. The summed E-state index contributed by atoms with van der Waals surface area (Å²) >= 11 is 0. The molecule has 32 heavy (non-hydrogen) atoms. The van der Waals surface area contributed by atoms with E-state index in [-0.39, 0.29) is 17.8 Å². The zero-order chi connectivity index (χ0) is 22.1. The number of hydrogen-bond donors (Lipinski definition) is 0. The van der Waals surface area contributed by atoms with E-state index in [4.69, 9.17) is 0 Å². The lowest BCUT2D eigenvalue weighted by Gasteiger charge is -2.33. The first-order valence-electron chi connectivity index (χ1n) is 10.4. The predicted octanol–water partition coefficient (Wildman–Crippen LogP) is 4.62. The minimum Gasteiger partial charge on any atom is -0.327 e. The highest BCUT2D eigenvalue weighted by molar-refractivity contribution is 5.95.